The molecule has 1 aliphatic heterocycles. The van der Waals surface area contributed by atoms with Gasteiger partial charge in [0.2, 0.25) is 5.91 Å². The van der Waals surface area contributed by atoms with Gasteiger partial charge in [-0.15, -0.1) is 0 Å². The molecule has 9 atom stereocenters. The first-order valence-electron chi connectivity index (χ1n) is 36.4. The Morgan fingerprint density at radius 3 is 1.06 bits per heavy atom. The van der Waals surface area contributed by atoms with Gasteiger partial charge in [-0.1, -0.05) is 314 Å². The summed E-state index contributed by atoms with van der Waals surface area (Å²) in [5.74, 6) is -0.707. The fourth-order valence-electron chi connectivity index (χ4n) is 11.8. The number of carbonyl (C=O) groups excluding carboxylic acids is 1. The number of nitrogens with one attached hydrogen (secondary N) is 1. The second-order valence-corrected chi connectivity index (χ2v) is 25.6. The normalized spacial score (nSPS) is 19.1. The van der Waals surface area contributed by atoms with E-state index in [2.05, 4.69) is 55.6 Å². The van der Waals surface area contributed by atoms with Crippen molar-refractivity contribution in [2.45, 2.75) is 409 Å². The lowest BCUT2D eigenvalue weighted by molar-refractivity contribution is -0.303. The van der Waals surface area contributed by atoms with Crippen molar-refractivity contribution < 1.29 is 50.0 Å². The van der Waals surface area contributed by atoms with E-state index in [1.807, 2.05) is 0 Å². The zero-order valence-corrected chi connectivity index (χ0v) is 54.9. The number of hydrogen-bond acceptors (Lipinski definition) is 10. The van der Waals surface area contributed by atoms with Gasteiger partial charge in [-0.3, -0.25) is 4.79 Å². The molecule has 84 heavy (non-hydrogen) atoms. The number of rotatable bonds is 64. The molecule has 0 spiro atoms. The Balaban J connectivity index is 2.22. The number of unbranched alkanes of at least 4 members (excludes halogenated alkanes) is 46. The third-order valence-corrected chi connectivity index (χ3v) is 17.6. The molecule has 1 rings (SSSR count). The Bertz CT molecular complexity index is 1460. The highest BCUT2D eigenvalue weighted by Crippen LogP contribution is 2.24. The van der Waals surface area contributed by atoms with Gasteiger partial charge in [-0.05, 0) is 77.0 Å². The van der Waals surface area contributed by atoms with Crippen molar-refractivity contribution in [3.63, 3.8) is 0 Å². The summed E-state index contributed by atoms with van der Waals surface area (Å²) in [6.07, 6.45) is 68.1. The third kappa shape index (κ3) is 48.3. The monoisotopic (exact) mass is 1190 g/mol. The van der Waals surface area contributed by atoms with Crippen LogP contribution >= 0.6 is 0 Å². The highest BCUT2D eigenvalue weighted by Gasteiger charge is 2.44. The van der Waals surface area contributed by atoms with E-state index < -0.39 is 74.2 Å². The standard InChI is InChI=1S/C73H139NO10/c1-3-5-7-9-11-13-15-17-19-21-23-25-27-29-31-32-33-34-35-37-38-40-42-44-46-48-50-52-54-56-58-60-65(76)68(78)64(63-83-73-71(81)70(80)69(79)67(62-75)84-73)74-72(82)66(77)61-59-57-55-53-51-49-47-45-43-41-39-36-30-28-26-24-22-20-18-16-14-12-10-8-6-4-2/h30,36,44,46,52,54,64-71,73,75-81H,3-29,31-35,37-43,45,47-51,53,55-63H2,1-2H3,(H,74,82)/b36-30-,46-44+,54-52+. The van der Waals surface area contributed by atoms with Gasteiger partial charge in [0.05, 0.1) is 25.4 Å². The minimum absolute atomic E-state index is 0.247. The SMILES string of the molecule is CCCCCCCCCCCCCC/C=C\CCCCCCCCCCCCC(O)C(=O)NC(COC1OC(CO)C(O)C(O)C1O)C(O)C(O)CCC/C=C/CC/C=C/CCCCCCCCCCCCCCCCCCCCCCCC. The molecule has 1 amide bonds. The molecule has 496 valence electrons. The number of aliphatic hydroxyl groups is 7. The number of allylic oxidation sites excluding steroid dienone is 6. The summed E-state index contributed by atoms with van der Waals surface area (Å²) in [7, 11) is 0. The van der Waals surface area contributed by atoms with Gasteiger partial charge in [0.15, 0.2) is 6.29 Å². The van der Waals surface area contributed by atoms with Crippen molar-refractivity contribution in [3.05, 3.63) is 36.5 Å². The summed E-state index contributed by atoms with van der Waals surface area (Å²) in [6.45, 7) is 3.49. The fourth-order valence-corrected chi connectivity index (χ4v) is 11.8. The molecule has 0 bridgehead atoms. The molecule has 11 heteroatoms. The van der Waals surface area contributed by atoms with Crippen LogP contribution in [0.3, 0.4) is 0 Å². The van der Waals surface area contributed by atoms with Gasteiger partial charge in [-0.25, -0.2) is 0 Å². The lowest BCUT2D eigenvalue weighted by atomic mass is 9.98. The van der Waals surface area contributed by atoms with E-state index in [4.69, 9.17) is 9.47 Å². The second kappa shape index (κ2) is 61.6. The topological polar surface area (TPSA) is 189 Å². The zero-order chi connectivity index (χ0) is 61.0. The van der Waals surface area contributed by atoms with Crippen LogP contribution in [0, 0.1) is 0 Å². The molecule has 11 nitrogen and oxygen atoms in total. The van der Waals surface area contributed by atoms with E-state index in [9.17, 15) is 40.5 Å². The summed E-state index contributed by atoms with van der Waals surface area (Å²) in [4.78, 5) is 13.3. The fraction of sp³-hybridized carbons (Fsp3) is 0.904. The van der Waals surface area contributed by atoms with E-state index in [0.717, 1.165) is 38.5 Å². The summed E-state index contributed by atoms with van der Waals surface area (Å²) in [5.41, 5.74) is 0. The lowest BCUT2D eigenvalue weighted by Crippen LogP contribution is -2.60. The van der Waals surface area contributed by atoms with Crippen molar-refractivity contribution in [1.82, 2.24) is 5.32 Å². The molecular weight excluding hydrogens is 1050 g/mol. The Kier molecular flexibility index (Phi) is 58.9. The first-order chi connectivity index (χ1) is 41.2. The van der Waals surface area contributed by atoms with Crippen molar-refractivity contribution in [3.8, 4) is 0 Å². The average molecular weight is 1190 g/mol. The second-order valence-electron chi connectivity index (χ2n) is 25.6. The van der Waals surface area contributed by atoms with Crippen LogP contribution in [0.1, 0.15) is 354 Å². The molecule has 0 aromatic carbocycles. The highest BCUT2D eigenvalue weighted by atomic mass is 16.7. The molecule has 0 aromatic heterocycles. The summed E-state index contributed by atoms with van der Waals surface area (Å²) in [6, 6.07) is -1.19. The molecular formula is C73H139NO10. The van der Waals surface area contributed by atoms with Crippen molar-refractivity contribution in [2.24, 2.45) is 0 Å². The number of amides is 1. The summed E-state index contributed by atoms with van der Waals surface area (Å²) < 4.78 is 11.2. The molecule has 1 saturated heterocycles. The van der Waals surface area contributed by atoms with Gasteiger partial charge < -0.3 is 50.5 Å². The van der Waals surface area contributed by atoms with Gasteiger partial charge in [-0.2, -0.15) is 0 Å². The van der Waals surface area contributed by atoms with Crippen molar-refractivity contribution in [2.75, 3.05) is 13.2 Å². The Morgan fingerprint density at radius 1 is 0.405 bits per heavy atom. The van der Waals surface area contributed by atoms with E-state index in [-0.39, 0.29) is 12.8 Å². The Hall–Kier alpha value is -1.67. The smallest absolute Gasteiger partial charge is 0.249 e. The molecule has 1 fully saturated rings. The molecule has 8 N–H and O–H groups in total. The average Bonchev–Trinajstić information content (AvgIpc) is 3.66. The number of carbonyl (C=O) groups is 1. The van der Waals surface area contributed by atoms with Crippen molar-refractivity contribution >= 4 is 5.91 Å². The van der Waals surface area contributed by atoms with Gasteiger partial charge in [0.25, 0.3) is 0 Å². The molecule has 1 heterocycles. The number of hydrogen-bond donors (Lipinski definition) is 8. The number of ether oxygens (including phenoxy) is 2. The van der Waals surface area contributed by atoms with Crippen LogP contribution < -0.4 is 5.32 Å². The zero-order valence-electron chi connectivity index (χ0n) is 54.9. The lowest BCUT2D eigenvalue weighted by Gasteiger charge is -2.40. The Labute approximate surface area is 517 Å². The van der Waals surface area contributed by atoms with Crippen LogP contribution in [0.2, 0.25) is 0 Å². The summed E-state index contributed by atoms with van der Waals surface area (Å²) >= 11 is 0. The molecule has 1 aliphatic rings. The quantitative estimate of drug-likeness (QED) is 0.0215. The molecule has 0 radical (unpaired) electrons. The van der Waals surface area contributed by atoms with Crippen LogP contribution in [0.4, 0.5) is 0 Å². The van der Waals surface area contributed by atoms with E-state index in [0.29, 0.717) is 19.3 Å². The van der Waals surface area contributed by atoms with Crippen molar-refractivity contribution in [1.29, 1.82) is 0 Å². The van der Waals surface area contributed by atoms with Gasteiger partial charge >= 0.3 is 0 Å². The first-order valence-corrected chi connectivity index (χ1v) is 36.4. The molecule has 0 aliphatic carbocycles. The van der Waals surface area contributed by atoms with Crippen LogP contribution in [0.15, 0.2) is 36.5 Å². The van der Waals surface area contributed by atoms with Gasteiger partial charge in [0.1, 0.15) is 36.6 Å². The number of aliphatic hydroxyl groups excluding tert-OH is 7. The van der Waals surface area contributed by atoms with Crippen LogP contribution in [0.25, 0.3) is 0 Å². The predicted molar refractivity (Wildman–Crippen MR) is 353 cm³/mol. The minimum atomic E-state index is -1.67. The van der Waals surface area contributed by atoms with E-state index >= 15 is 0 Å². The Morgan fingerprint density at radius 2 is 0.714 bits per heavy atom. The minimum Gasteiger partial charge on any atom is -0.394 e. The largest absolute Gasteiger partial charge is 0.394 e. The van der Waals surface area contributed by atoms with Crippen LogP contribution in [-0.2, 0) is 14.3 Å². The molecule has 0 aromatic rings. The molecule has 9 unspecified atom stereocenters. The van der Waals surface area contributed by atoms with Gasteiger partial charge in [0, 0.05) is 0 Å². The first kappa shape index (κ1) is 80.3. The maximum absolute atomic E-state index is 13.3. The predicted octanol–water partition coefficient (Wildman–Crippen LogP) is 17.8. The third-order valence-electron chi connectivity index (χ3n) is 17.6. The highest BCUT2D eigenvalue weighted by molar-refractivity contribution is 5.80. The summed E-state index contributed by atoms with van der Waals surface area (Å²) in [5, 5.41) is 76.5. The maximum Gasteiger partial charge on any atom is 0.249 e. The van der Waals surface area contributed by atoms with Crippen LogP contribution in [0.5, 0.6) is 0 Å². The maximum atomic E-state index is 13.3. The van der Waals surface area contributed by atoms with E-state index in [1.165, 1.54) is 270 Å². The molecule has 0 saturated carbocycles. The van der Waals surface area contributed by atoms with Crippen LogP contribution in [-0.4, -0.2) is 110 Å². The van der Waals surface area contributed by atoms with E-state index in [1.54, 1.807) is 0 Å².